The van der Waals surface area contributed by atoms with Gasteiger partial charge in [-0.25, -0.2) is 19.2 Å². The fraction of sp³-hybridized carbons (Fsp3) is 0.133. The Morgan fingerprint density at radius 2 is 0.763 bits per heavy atom. The monoisotopic (exact) mass is 516 g/mol. The third kappa shape index (κ3) is 8.30. The zero-order valence-corrected chi connectivity index (χ0v) is 21.7. The Kier molecular flexibility index (Phi) is 9.87. The van der Waals surface area contributed by atoms with Crippen molar-refractivity contribution in [2.24, 2.45) is 0 Å². The molecule has 2 aromatic carbocycles. The molecule has 38 heavy (non-hydrogen) atoms. The predicted octanol–water partition coefficient (Wildman–Crippen LogP) is 5.78. The van der Waals surface area contributed by atoms with Crippen molar-refractivity contribution in [1.82, 2.24) is 0 Å². The predicted molar refractivity (Wildman–Crippen MR) is 144 cm³/mol. The van der Waals surface area contributed by atoms with E-state index in [9.17, 15) is 19.2 Å². The molecule has 0 fully saturated rings. The van der Waals surface area contributed by atoms with Crippen molar-refractivity contribution in [1.29, 1.82) is 0 Å². The van der Waals surface area contributed by atoms with Gasteiger partial charge >= 0.3 is 23.9 Å². The van der Waals surface area contributed by atoms with Crippen LogP contribution in [0, 0.1) is 0 Å². The molecule has 0 saturated heterocycles. The first-order chi connectivity index (χ1) is 17.8. The summed E-state index contributed by atoms with van der Waals surface area (Å²) in [6, 6.07) is 9.23. The van der Waals surface area contributed by atoms with E-state index < -0.39 is 23.9 Å². The number of ether oxygens (including phenoxy) is 4. The number of esters is 4. The Hall–Kier alpha value is -4.98. The molecule has 2 aromatic rings. The molecule has 0 amide bonds. The van der Waals surface area contributed by atoms with Crippen LogP contribution < -0.4 is 18.9 Å². The van der Waals surface area contributed by atoms with E-state index in [0.717, 1.165) is 0 Å². The standard InChI is InChI=1S/C30H28O8/c1-17(2)27(31)35-23-13-11-21(15-25(23)37-29(33)19(5)6)9-10-22-12-14-24(36-28(32)18(3)4)26(16-22)38-30(34)20(7)8/h9-16H,1,3,5,7H2,2,4,6,8H3/b10-9+. The quantitative estimate of drug-likeness (QED) is 0.169. The molecule has 0 spiro atoms. The fourth-order valence-electron chi connectivity index (χ4n) is 2.53. The van der Waals surface area contributed by atoms with E-state index in [1.807, 2.05) is 0 Å². The third-order valence-corrected chi connectivity index (χ3v) is 4.61. The van der Waals surface area contributed by atoms with Crippen molar-refractivity contribution in [3.63, 3.8) is 0 Å². The van der Waals surface area contributed by atoms with Gasteiger partial charge in [-0.3, -0.25) is 0 Å². The average Bonchev–Trinajstić information content (AvgIpc) is 2.84. The Bertz CT molecular complexity index is 1290. The lowest BCUT2D eigenvalue weighted by molar-refractivity contribution is -0.132. The van der Waals surface area contributed by atoms with Crippen LogP contribution in [0.2, 0.25) is 0 Å². The second-order valence-electron chi connectivity index (χ2n) is 8.43. The lowest BCUT2D eigenvalue weighted by Gasteiger charge is -2.12. The minimum atomic E-state index is -0.692. The average molecular weight is 517 g/mol. The smallest absolute Gasteiger partial charge is 0.338 e. The Morgan fingerprint density at radius 1 is 0.500 bits per heavy atom. The van der Waals surface area contributed by atoms with E-state index in [4.69, 9.17) is 18.9 Å². The molecule has 0 radical (unpaired) electrons. The maximum Gasteiger partial charge on any atom is 0.338 e. The van der Waals surface area contributed by atoms with E-state index in [1.54, 1.807) is 24.3 Å². The summed E-state index contributed by atoms with van der Waals surface area (Å²) in [6.07, 6.45) is 3.36. The van der Waals surface area contributed by atoms with Gasteiger partial charge in [0.1, 0.15) is 0 Å². The Balaban J connectivity index is 2.43. The maximum atomic E-state index is 12.1. The Labute approximate surface area is 221 Å². The van der Waals surface area contributed by atoms with Crippen LogP contribution in [0.15, 0.2) is 85.0 Å². The van der Waals surface area contributed by atoms with E-state index in [1.165, 1.54) is 52.0 Å². The van der Waals surface area contributed by atoms with Gasteiger partial charge in [-0.2, -0.15) is 0 Å². The van der Waals surface area contributed by atoms with Crippen molar-refractivity contribution >= 4 is 36.0 Å². The number of carbonyl (C=O) groups is 4. The van der Waals surface area contributed by atoms with Crippen LogP contribution in [-0.2, 0) is 19.2 Å². The lowest BCUT2D eigenvalue weighted by atomic mass is 10.1. The van der Waals surface area contributed by atoms with Crippen molar-refractivity contribution < 1.29 is 38.1 Å². The van der Waals surface area contributed by atoms with Crippen LogP contribution in [0.25, 0.3) is 12.2 Å². The zero-order chi connectivity index (χ0) is 28.6. The molecule has 8 nitrogen and oxygen atoms in total. The van der Waals surface area contributed by atoms with Crippen molar-refractivity contribution in [3.05, 3.63) is 96.1 Å². The summed E-state index contributed by atoms with van der Waals surface area (Å²) in [5, 5.41) is 0. The molecule has 196 valence electrons. The van der Waals surface area contributed by atoms with Gasteiger partial charge in [0.25, 0.3) is 0 Å². The lowest BCUT2D eigenvalue weighted by Crippen LogP contribution is -2.13. The number of carbonyl (C=O) groups excluding carboxylic acids is 4. The van der Waals surface area contributed by atoms with Gasteiger partial charge in [0, 0.05) is 22.3 Å². The van der Waals surface area contributed by atoms with Crippen LogP contribution in [0.4, 0.5) is 0 Å². The van der Waals surface area contributed by atoms with Gasteiger partial charge < -0.3 is 18.9 Å². The molecule has 0 aliphatic heterocycles. The normalized spacial score (nSPS) is 10.3. The number of benzene rings is 2. The molecule has 8 heteroatoms. The molecular formula is C30H28O8. The molecule has 0 aliphatic carbocycles. The molecule has 0 unspecified atom stereocenters. The van der Waals surface area contributed by atoms with Crippen molar-refractivity contribution in [3.8, 4) is 23.0 Å². The topological polar surface area (TPSA) is 105 Å². The first-order valence-corrected chi connectivity index (χ1v) is 11.3. The van der Waals surface area contributed by atoms with E-state index >= 15 is 0 Å². The first kappa shape index (κ1) is 29.3. The van der Waals surface area contributed by atoms with Crippen LogP contribution in [0.1, 0.15) is 38.8 Å². The molecule has 0 N–H and O–H groups in total. The maximum absolute atomic E-state index is 12.1. The molecule has 0 bridgehead atoms. The van der Waals surface area contributed by atoms with Crippen molar-refractivity contribution in [2.45, 2.75) is 27.7 Å². The summed E-state index contributed by atoms with van der Waals surface area (Å²) >= 11 is 0. The van der Waals surface area contributed by atoms with Gasteiger partial charge in [-0.05, 0) is 63.1 Å². The largest absolute Gasteiger partial charge is 0.419 e. The third-order valence-electron chi connectivity index (χ3n) is 4.61. The summed E-state index contributed by atoms with van der Waals surface area (Å²) in [4.78, 5) is 48.2. The fourth-order valence-corrected chi connectivity index (χ4v) is 2.53. The molecule has 0 heterocycles. The van der Waals surface area contributed by atoms with Crippen LogP contribution in [-0.4, -0.2) is 23.9 Å². The molecule has 0 atom stereocenters. The molecule has 0 aliphatic rings. The second-order valence-corrected chi connectivity index (χ2v) is 8.43. The number of hydrogen-bond acceptors (Lipinski definition) is 8. The van der Waals surface area contributed by atoms with E-state index in [2.05, 4.69) is 26.3 Å². The minimum Gasteiger partial charge on any atom is -0.419 e. The summed E-state index contributed by atoms with van der Waals surface area (Å²) in [6.45, 7) is 20.1. The minimum absolute atomic E-state index is 0.00730. The van der Waals surface area contributed by atoms with Gasteiger partial charge in [0.15, 0.2) is 23.0 Å². The van der Waals surface area contributed by atoms with E-state index in [0.29, 0.717) is 11.1 Å². The highest BCUT2D eigenvalue weighted by Gasteiger charge is 2.17. The highest BCUT2D eigenvalue weighted by molar-refractivity contribution is 5.92. The number of rotatable bonds is 10. The zero-order valence-electron chi connectivity index (χ0n) is 21.7. The second kappa shape index (κ2) is 12.8. The molecule has 2 rings (SSSR count). The molecular weight excluding hydrogens is 488 g/mol. The first-order valence-electron chi connectivity index (χ1n) is 11.3. The van der Waals surface area contributed by atoms with Crippen molar-refractivity contribution in [2.75, 3.05) is 0 Å². The van der Waals surface area contributed by atoms with Crippen LogP contribution >= 0.6 is 0 Å². The van der Waals surface area contributed by atoms with Gasteiger partial charge in [0.2, 0.25) is 0 Å². The van der Waals surface area contributed by atoms with Gasteiger partial charge in [-0.15, -0.1) is 0 Å². The van der Waals surface area contributed by atoms with Gasteiger partial charge in [-0.1, -0.05) is 50.6 Å². The van der Waals surface area contributed by atoms with Crippen LogP contribution in [0.5, 0.6) is 23.0 Å². The number of hydrogen-bond donors (Lipinski definition) is 0. The summed E-state index contributed by atoms with van der Waals surface area (Å²) in [5.41, 5.74) is 1.84. The molecule has 0 aromatic heterocycles. The summed E-state index contributed by atoms with van der Waals surface area (Å²) in [7, 11) is 0. The van der Waals surface area contributed by atoms with E-state index in [-0.39, 0.29) is 45.3 Å². The molecule has 0 saturated carbocycles. The van der Waals surface area contributed by atoms with Crippen LogP contribution in [0.3, 0.4) is 0 Å². The summed E-state index contributed by atoms with van der Waals surface area (Å²) in [5.74, 6) is -2.66. The SMILES string of the molecule is C=C(C)C(=O)Oc1ccc(/C=C/c2ccc(OC(=O)C(=C)C)c(OC(=O)C(=C)C)c2)cc1OC(=O)C(=C)C. The highest BCUT2D eigenvalue weighted by Crippen LogP contribution is 2.32. The highest BCUT2D eigenvalue weighted by atomic mass is 16.6. The summed E-state index contributed by atoms with van der Waals surface area (Å²) < 4.78 is 21.2. The van der Waals surface area contributed by atoms with Gasteiger partial charge in [0.05, 0.1) is 0 Å². The Morgan fingerprint density at radius 3 is 1.03 bits per heavy atom.